The lowest BCUT2D eigenvalue weighted by Gasteiger charge is -2.16. The fraction of sp³-hybridized carbons (Fsp3) is 0.238. The van der Waals surface area contributed by atoms with Gasteiger partial charge in [0, 0.05) is 23.6 Å². The molecule has 140 valence electrons. The van der Waals surface area contributed by atoms with E-state index >= 15 is 0 Å². The molecule has 0 saturated heterocycles. The highest BCUT2D eigenvalue weighted by Crippen LogP contribution is 2.40. The molecule has 0 aliphatic rings. The average molecular weight is 383 g/mol. The standard InChI is InChI=1S/C21H21NO4S/c1-14-7-8-15(12-16(23)13-20-22-9-10-27-20)19(11-14)26-18-6-4-5-17(24-2)21(18)25-3/h4-11H,12-13H2,1-3H3. The van der Waals surface area contributed by atoms with Crippen molar-refractivity contribution in [1.82, 2.24) is 4.98 Å². The maximum Gasteiger partial charge on any atom is 0.203 e. The number of methoxy groups -OCH3 is 2. The molecule has 1 aromatic heterocycles. The molecule has 0 saturated carbocycles. The summed E-state index contributed by atoms with van der Waals surface area (Å²) in [4.78, 5) is 16.6. The molecule has 6 heteroatoms. The van der Waals surface area contributed by atoms with Gasteiger partial charge < -0.3 is 14.2 Å². The lowest BCUT2D eigenvalue weighted by molar-refractivity contribution is -0.117. The number of nitrogens with zero attached hydrogens (tertiary/aromatic N) is 1. The second-order valence-corrected chi connectivity index (χ2v) is 7.00. The van der Waals surface area contributed by atoms with Gasteiger partial charge in [-0.25, -0.2) is 4.98 Å². The van der Waals surface area contributed by atoms with Crippen LogP contribution in [0.3, 0.4) is 0 Å². The summed E-state index contributed by atoms with van der Waals surface area (Å²) in [7, 11) is 3.15. The Labute approximate surface area is 162 Å². The largest absolute Gasteiger partial charge is 0.493 e. The number of carbonyl (C=O) groups excluding carboxylic acids is 1. The van der Waals surface area contributed by atoms with Gasteiger partial charge in [0.05, 0.1) is 25.6 Å². The summed E-state index contributed by atoms with van der Waals surface area (Å²) in [6.07, 6.45) is 2.32. The van der Waals surface area contributed by atoms with Crippen LogP contribution in [-0.4, -0.2) is 25.0 Å². The molecule has 0 N–H and O–H groups in total. The van der Waals surface area contributed by atoms with E-state index < -0.39 is 0 Å². The number of ketones is 1. The van der Waals surface area contributed by atoms with Crippen LogP contribution >= 0.6 is 11.3 Å². The molecular formula is C21H21NO4S. The summed E-state index contributed by atoms with van der Waals surface area (Å²) < 4.78 is 16.9. The van der Waals surface area contributed by atoms with E-state index in [0.717, 1.165) is 16.1 Å². The molecule has 0 unspecified atom stereocenters. The molecule has 0 atom stereocenters. The fourth-order valence-corrected chi connectivity index (χ4v) is 3.39. The molecule has 0 bridgehead atoms. The minimum absolute atomic E-state index is 0.0938. The van der Waals surface area contributed by atoms with Gasteiger partial charge in [0.2, 0.25) is 5.75 Å². The molecule has 0 aliphatic heterocycles. The van der Waals surface area contributed by atoms with Gasteiger partial charge in [-0.15, -0.1) is 11.3 Å². The minimum atomic E-state index is 0.0938. The maximum absolute atomic E-state index is 12.5. The van der Waals surface area contributed by atoms with E-state index in [2.05, 4.69) is 4.98 Å². The van der Waals surface area contributed by atoms with E-state index in [1.165, 1.54) is 11.3 Å². The molecule has 27 heavy (non-hydrogen) atoms. The molecule has 1 heterocycles. The highest BCUT2D eigenvalue weighted by Gasteiger charge is 2.16. The monoisotopic (exact) mass is 383 g/mol. The number of hydrogen-bond donors (Lipinski definition) is 0. The van der Waals surface area contributed by atoms with E-state index in [9.17, 15) is 4.79 Å². The van der Waals surface area contributed by atoms with Crippen LogP contribution in [0.4, 0.5) is 0 Å². The number of aryl methyl sites for hydroxylation is 1. The predicted octanol–water partition coefficient (Wildman–Crippen LogP) is 4.62. The topological polar surface area (TPSA) is 57.7 Å². The van der Waals surface area contributed by atoms with Gasteiger partial charge in [0.25, 0.3) is 0 Å². The van der Waals surface area contributed by atoms with Gasteiger partial charge in [-0.05, 0) is 30.7 Å². The highest BCUT2D eigenvalue weighted by molar-refractivity contribution is 7.09. The molecule has 0 amide bonds. The van der Waals surface area contributed by atoms with Crippen LogP contribution in [0.25, 0.3) is 0 Å². The Hall–Kier alpha value is -2.86. The average Bonchev–Trinajstić information content (AvgIpc) is 3.16. The van der Waals surface area contributed by atoms with Crippen molar-refractivity contribution in [2.75, 3.05) is 14.2 Å². The van der Waals surface area contributed by atoms with Crippen LogP contribution in [-0.2, 0) is 17.6 Å². The molecule has 0 radical (unpaired) electrons. The number of aromatic nitrogens is 1. The van der Waals surface area contributed by atoms with Gasteiger partial charge in [-0.1, -0.05) is 18.2 Å². The van der Waals surface area contributed by atoms with Gasteiger partial charge in [-0.3, -0.25) is 4.79 Å². The SMILES string of the molecule is COc1cccc(Oc2cc(C)ccc2CC(=O)Cc2nccs2)c1OC. The number of rotatable bonds is 8. The van der Waals surface area contributed by atoms with E-state index in [4.69, 9.17) is 14.2 Å². The molecule has 5 nitrogen and oxygen atoms in total. The summed E-state index contributed by atoms with van der Waals surface area (Å²) in [6.45, 7) is 1.98. The minimum Gasteiger partial charge on any atom is -0.493 e. The Kier molecular flexibility index (Phi) is 6.08. The zero-order valence-corrected chi connectivity index (χ0v) is 16.3. The van der Waals surface area contributed by atoms with Crippen LogP contribution < -0.4 is 14.2 Å². The summed E-state index contributed by atoms with van der Waals surface area (Å²) in [5.41, 5.74) is 1.87. The van der Waals surface area contributed by atoms with Gasteiger partial charge >= 0.3 is 0 Å². The normalized spacial score (nSPS) is 10.5. The Morgan fingerprint density at radius 3 is 2.56 bits per heavy atom. The molecule has 0 fully saturated rings. The van der Waals surface area contributed by atoms with Crippen molar-refractivity contribution in [3.63, 3.8) is 0 Å². The van der Waals surface area contributed by atoms with Crippen LogP contribution in [0.2, 0.25) is 0 Å². The first-order valence-electron chi connectivity index (χ1n) is 8.49. The number of thiazole rings is 1. The Morgan fingerprint density at radius 1 is 1.04 bits per heavy atom. The van der Waals surface area contributed by atoms with E-state index in [0.29, 0.717) is 29.4 Å². The molecule has 0 aliphatic carbocycles. The molecular weight excluding hydrogens is 362 g/mol. The van der Waals surface area contributed by atoms with E-state index in [1.807, 2.05) is 42.6 Å². The van der Waals surface area contributed by atoms with Crippen molar-refractivity contribution in [2.45, 2.75) is 19.8 Å². The summed E-state index contributed by atoms with van der Waals surface area (Å²) >= 11 is 1.49. The van der Waals surface area contributed by atoms with Gasteiger partial charge in [0.15, 0.2) is 11.5 Å². The molecule has 2 aromatic carbocycles. The third-order valence-corrected chi connectivity index (χ3v) is 4.81. The number of hydrogen-bond acceptors (Lipinski definition) is 6. The number of Topliss-reactive ketones (excluding diaryl/α,β-unsaturated/α-hetero) is 1. The first-order valence-corrected chi connectivity index (χ1v) is 9.37. The van der Waals surface area contributed by atoms with Crippen LogP contribution in [0.1, 0.15) is 16.1 Å². The van der Waals surface area contributed by atoms with Crippen molar-refractivity contribution >= 4 is 17.1 Å². The lowest BCUT2D eigenvalue weighted by Crippen LogP contribution is -2.07. The van der Waals surface area contributed by atoms with Crippen molar-refractivity contribution in [3.05, 3.63) is 64.1 Å². The van der Waals surface area contributed by atoms with Crippen LogP contribution in [0.15, 0.2) is 48.0 Å². The quantitative estimate of drug-likeness (QED) is 0.568. The first-order chi connectivity index (χ1) is 13.1. The number of ether oxygens (including phenoxy) is 3. The van der Waals surface area contributed by atoms with E-state index in [-0.39, 0.29) is 12.2 Å². The molecule has 3 rings (SSSR count). The van der Waals surface area contributed by atoms with Crippen LogP contribution in [0.5, 0.6) is 23.0 Å². The van der Waals surface area contributed by atoms with Crippen molar-refractivity contribution in [3.8, 4) is 23.0 Å². The smallest absolute Gasteiger partial charge is 0.203 e. The first kappa shape index (κ1) is 18.9. The summed E-state index contributed by atoms with van der Waals surface area (Å²) in [6, 6.07) is 11.3. The zero-order valence-electron chi connectivity index (χ0n) is 15.5. The van der Waals surface area contributed by atoms with Crippen molar-refractivity contribution in [2.24, 2.45) is 0 Å². The Balaban J connectivity index is 1.85. The summed E-state index contributed by atoms with van der Waals surface area (Å²) in [5.74, 6) is 2.37. The summed E-state index contributed by atoms with van der Waals surface area (Å²) in [5, 5.41) is 2.70. The van der Waals surface area contributed by atoms with E-state index in [1.54, 1.807) is 26.5 Å². The molecule has 3 aromatic rings. The Morgan fingerprint density at radius 2 is 1.85 bits per heavy atom. The highest BCUT2D eigenvalue weighted by atomic mass is 32.1. The number of benzene rings is 2. The third kappa shape index (κ3) is 4.65. The lowest BCUT2D eigenvalue weighted by atomic mass is 10.0. The van der Waals surface area contributed by atoms with Gasteiger partial charge in [-0.2, -0.15) is 0 Å². The molecule has 0 spiro atoms. The zero-order chi connectivity index (χ0) is 19.2. The third-order valence-electron chi connectivity index (χ3n) is 4.03. The maximum atomic E-state index is 12.5. The van der Waals surface area contributed by atoms with Crippen molar-refractivity contribution < 1.29 is 19.0 Å². The Bertz CT molecular complexity index is 922. The second-order valence-electron chi connectivity index (χ2n) is 6.02. The number of para-hydroxylation sites is 1. The van der Waals surface area contributed by atoms with Gasteiger partial charge in [0.1, 0.15) is 11.5 Å². The second kappa shape index (κ2) is 8.68. The number of carbonyl (C=O) groups is 1. The fourth-order valence-electron chi connectivity index (χ4n) is 2.74. The van der Waals surface area contributed by atoms with Crippen LogP contribution in [0, 0.1) is 6.92 Å². The van der Waals surface area contributed by atoms with Crippen molar-refractivity contribution in [1.29, 1.82) is 0 Å². The predicted molar refractivity (Wildman–Crippen MR) is 105 cm³/mol.